The molecule has 1 aromatic carbocycles. The molecule has 2 heterocycles. The lowest BCUT2D eigenvalue weighted by Gasteiger charge is -2.05. The van der Waals surface area contributed by atoms with Crippen LogP contribution in [0, 0.1) is 17.1 Å². The molecule has 0 unspecified atom stereocenters. The molecule has 2 aromatic heterocycles. The molecule has 7 nitrogen and oxygen atoms in total. The number of hydrogen-bond donors (Lipinski definition) is 1. The van der Waals surface area contributed by atoms with Crippen molar-refractivity contribution in [3.8, 4) is 6.07 Å². The number of aromatic amines is 1. The van der Waals surface area contributed by atoms with Crippen LogP contribution < -0.4 is 5.56 Å². The minimum absolute atomic E-state index is 0.0576. The van der Waals surface area contributed by atoms with Gasteiger partial charge in [-0.2, -0.15) is 5.26 Å². The molecule has 1 N–H and O–H groups in total. The van der Waals surface area contributed by atoms with Gasteiger partial charge in [-0.15, -0.1) is 0 Å². The predicted molar refractivity (Wildman–Crippen MR) is 76.0 cm³/mol. The van der Waals surface area contributed by atoms with Gasteiger partial charge >= 0.3 is 5.97 Å². The number of halogens is 1. The number of nitriles is 1. The molecular formula is C15H9FN4O3. The van der Waals surface area contributed by atoms with Crippen molar-refractivity contribution in [3.63, 3.8) is 0 Å². The van der Waals surface area contributed by atoms with Gasteiger partial charge in [-0.25, -0.2) is 18.7 Å². The second-order valence-corrected chi connectivity index (χ2v) is 4.63. The summed E-state index contributed by atoms with van der Waals surface area (Å²) in [6.45, 7) is -0.267. The molecule has 0 radical (unpaired) electrons. The number of benzene rings is 1. The second-order valence-electron chi connectivity index (χ2n) is 4.63. The number of ether oxygens (including phenoxy) is 1. The molecule has 0 fully saturated rings. The Bertz CT molecular complexity index is 1000. The molecule has 0 aliphatic rings. The maximum Gasteiger partial charge on any atom is 0.338 e. The minimum atomic E-state index is -0.735. The Morgan fingerprint density at radius 1 is 1.43 bits per heavy atom. The molecular weight excluding hydrogens is 303 g/mol. The average Bonchev–Trinajstić information content (AvgIpc) is 2.96. The third kappa shape index (κ3) is 2.80. The van der Waals surface area contributed by atoms with E-state index in [9.17, 15) is 14.0 Å². The summed E-state index contributed by atoms with van der Waals surface area (Å²) in [6, 6.07) is 8.15. The van der Waals surface area contributed by atoms with Gasteiger partial charge in [-0.3, -0.25) is 9.89 Å². The van der Waals surface area contributed by atoms with Gasteiger partial charge in [-0.05, 0) is 18.2 Å². The first kappa shape index (κ1) is 14.5. The zero-order valence-corrected chi connectivity index (χ0v) is 11.6. The number of hydrogen-bond acceptors (Lipinski definition) is 5. The van der Waals surface area contributed by atoms with E-state index < -0.39 is 17.3 Å². The van der Waals surface area contributed by atoms with Crippen LogP contribution >= 0.6 is 0 Å². The van der Waals surface area contributed by atoms with Gasteiger partial charge in [0, 0.05) is 12.3 Å². The van der Waals surface area contributed by atoms with Crippen molar-refractivity contribution >= 4 is 11.6 Å². The third-order valence-corrected chi connectivity index (χ3v) is 3.08. The van der Waals surface area contributed by atoms with Crippen molar-refractivity contribution in [3.05, 3.63) is 69.5 Å². The number of nitrogens with zero attached hydrogens (tertiary/aromatic N) is 3. The number of esters is 1. The number of H-pyrrole nitrogens is 1. The summed E-state index contributed by atoms with van der Waals surface area (Å²) in [5, 5.41) is 11.6. The van der Waals surface area contributed by atoms with Crippen LogP contribution in [0.5, 0.6) is 0 Å². The molecule has 3 aromatic rings. The van der Waals surface area contributed by atoms with Gasteiger partial charge in [0.25, 0.3) is 5.56 Å². The monoisotopic (exact) mass is 312 g/mol. The zero-order chi connectivity index (χ0) is 16.4. The highest BCUT2D eigenvalue weighted by Gasteiger charge is 2.12. The molecule has 0 bridgehead atoms. The van der Waals surface area contributed by atoms with Gasteiger partial charge < -0.3 is 4.74 Å². The molecule has 23 heavy (non-hydrogen) atoms. The van der Waals surface area contributed by atoms with E-state index in [2.05, 4.69) is 10.1 Å². The molecule has 0 amide bonds. The topological polar surface area (TPSA) is 100 Å². The van der Waals surface area contributed by atoms with Crippen molar-refractivity contribution in [2.45, 2.75) is 6.61 Å². The third-order valence-electron chi connectivity index (χ3n) is 3.08. The highest BCUT2D eigenvalue weighted by molar-refractivity contribution is 5.89. The van der Waals surface area contributed by atoms with Gasteiger partial charge in [0.1, 0.15) is 24.1 Å². The van der Waals surface area contributed by atoms with Gasteiger partial charge in [0.2, 0.25) is 0 Å². The summed E-state index contributed by atoms with van der Waals surface area (Å²) in [5.74, 6) is -1.29. The molecule has 0 saturated heterocycles. The Hall–Kier alpha value is -3.47. The normalized spacial score (nSPS) is 10.4. The summed E-state index contributed by atoms with van der Waals surface area (Å²) in [7, 11) is 0. The molecule has 0 aliphatic carbocycles. The molecule has 0 atom stereocenters. The SMILES string of the molecule is N#Cc1c[nH]n2c(=O)cc(COC(=O)c3cccc(F)c3)nc12. The molecule has 114 valence electrons. The van der Waals surface area contributed by atoms with E-state index in [0.29, 0.717) is 0 Å². The van der Waals surface area contributed by atoms with Crippen LogP contribution in [0.3, 0.4) is 0 Å². The number of aromatic nitrogens is 3. The minimum Gasteiger partial charge on any atom is -0.456 e. The van der Waals surface area contributed by atoms with Crippen molar-refractivity contribution in [1.29, 1.82) is 5.26 Å². The van der Waals surface area contributed by atoms with E-state index >= 15 is 0 Å². The van der Waals surface area contributed by atoms with Gasteiger partial charge in [-0.1, -0.05) is 6.07 Å². The van der Waals surface area contributed by atoms with E-state index in [1.54, 1.807) is 0 Å². The second kappa shape index (κ2) is 5.73. The summed E-state index contributed by atoms with van der Waals surface area (Å²) in [5.41, 5.74) is 0.156. The Morgan fingerprint density at radius 2 is 2.26 bits per heavy atom. The summed E-state index contributed by atoms with van der Waals surface area (Å²) >= 11 is 0. The lowest BCUT2D eigenvalue weighted by molar-refractivity contribution is 0.0467. The fourth-order valence-corrected chi connectivity index (χ4v) is 2.02. The molecule has 0 spiro atoms. The zero-order valence-electron chi connectivity index (χ0n) is 11.6. The van der Waals surface area contributed by atoms with Crippen molar-refractivity contribution in [2.75, 3.05) is 0 Å². The molecule has 8 heteroatoms. The smallest absolute Gasteiger partial charge is 0.338 e. The van der Waals surface area contributed by atoms with Crippen molar-refractivity contribution in [1.82, 2.24) is 14.6 Å². The van der Waals surface area contributed by atoms with Crippen LogP contribution in [0.1, 0.15) is 21.6 Å². The van der Waals surface area contributed by atoms with Crippen LogP contribution in [0.4, 0.5) is 4.39 Å². The van der Waals surface area contributed by atoms with Crippen LogP contribution in [0.15, 0.2) is 41.3 Å². The summed E-state index contributed by atoms with van der Waals surface area (Å²) < 4.78 is 19.2. The first-order chi connectivity index (χ1) is 11.1. The van der Waals surface area contributed by atoms with E-state index in [0.717, 1.165) is 10.6 Å². The highest BCUT2D eigenvalue weighted by atomic mass is 19.1. The van der Waals surface area contributed by atoms with E-state index in [1.807, 2.05) is 6.07 Å². The predicted octanol–water partition coefficient (Wildman–Crippen LogP) is 1.39. The average molecular weight is 312 g/mol. The fourth-order valence-electron chi connectivity index (χ4n) is 2.02. The number of fused-ring (bicyclic) bond motifs is 1. The Balaban J connectivity index is 1.83. The van der Waals surface area contributed by atoms with E-state index in [-0.39, 0.29) is 29.1 Å². The van der Waals surface area contributed by atoms with Crippen molar-refractivity contribution < 1.29 is 13.9 Å². The molecule has 0 saturated carbocycles. The molecule has 0 aliphatic heterocycles. The van der Waals surface area contributed by atoms with Gasteiger partial charge in [0.05, 0.1) is 11.3 Å². The van der Waals surface area contributed by atoms with Crippen LogP contribution in [-0.2, 0) is 11.3 Å². The maximum atomic E-state index is 13.1. The maximum absolute atomic E-state index is 13.1. The van der Waals surface area contributed by atoms with E-state index in [4.69, 9.17) is 10.00 Å². The Labute approximate surface area is 128 Å². The van der Waals surface area contributed by atoms with Crippen LogP contribution in [-0.4, -0.2) is 20.6 Å². The Morgan fingerprint density at radius 3 is 3.00 bits per heavy atom. The largest absolute Gasteiger partial charge is 0.456 e. The first-order valence-electron chi connectivity index (χ1n) is 6.51. The fraction of sp³-hybridized carbons (Fsp3) is 0.0667. The standard InChI is InChI=1S/C15H9FN4O3/c16-11-3-1-2-9(4-11)15(22)23-8-12-5-13(21)20-14(19-12)10(6-17)7-18-20/h1-5,7,18H,8H2. The van der Waals surface area contributed by atoms with Crippen LogP contribution in [0.25, 0.3) is 5.65 Å². The number of rotatable bonds is 3. The Kier molecular flexibility index (Phi) is 3.60. The van der Waals surface area contributed by atoms with Crippen molar-refractivity contribution in [2.24, 2.45) is 0 Å². The lowest BCUT2D eigenvalue weighted by atomic mass is 10.2. The van der Waals surface area contributed by atoms with Crippen LogP contribution in [0.2, 0.25) is 0 Å². The number of carbonyl (C=O) groups excluding carboxylic acids is 1. The quantitative estimate of drug-likeness (QED) is 0.737. The number of carbonyl (C=O) groups is 1. The summed E-state index contributed by atoms with van der Waals surface area (Å²) in [4.78, 5) is 27.8. The number of nitrogens with one attached hydrogen (secondary N) is 1. The van der Waals surface area contributed by atoms with Gasteiger partial charge in [0.15, 0.2) is 5.65 Å². The lowest BCUT2D eigenvalue weighted by Crippen LogP contribution is -2.17. The summed E-state index contributed by atoms with van der Waals surface area (Å²) in [6.07, 6.45) is 1.35. The highest BCUT2D eigenvalue weighted by Crippen LogP contribution is 2.09. The first-order valence-corrected chi connectivity index (χ1v) is 6.51. The van der Waals surface area contributed by atoms with E-state index in [1.165, 1.54) is 30.5 Å². The molecule has 3 rings (SSSR count).